The molecule has 2 saturated heterocycles. The number of amides is 1. The van der Waals surface area contributed by atoms with Gasteiger partial charge in [0, 0.05) is 61.4 Å². The molecule has 0 aliphatic carbocycles. The van der Waals surface area contributed by atoms with Gasteiger partial charge >= 0.3 is 0 Å². The van der Waals surface area contributed by atoms with E-state index >= 15 is 0 Å². The van der Waals surface area contributed by atoms with Crippen molar-refractivity contribution < 1.29 is 13.2 Å². The fraction of sp³-hybridized carbons (Fsp3) is 0.458. The van der Waals surface area contributed by atoms with Crippen LogP contribution in [0.4, 0.5) is 0 Å². The Labute approximate surface area is 206 Å². The number of hydrogen-bond acceptors (Lipinski definition) is 4. The lowest BCUT2D eigenvalue weighted by Crippen LogP contribution is -2.52. The van der Waals surface area contributed by atoms with E-state index in [-0.39, 0.29) is 24.1 Å². The van der Waals surface area contributed by atoms with Gasteiger partial charge in [0.05, 0.1) is 11.7 Å². The van der Waals surface area contributed by atoms with Crippen LogP contribution in [0.1, 0.15) is 24.0 Å². The average molecular weight is 510 g/mol. The van der Waals surface area contributed by atoms with Crippen molar-refractivity contribution in [2.45, 2.75) is 25.1 Å². The van der Waals surface area contributed by atoms with E-state index in [0.29, 0.717) is 48.1 Å². The minimum absolute atomic E-state index is 0.0602. The lowest BCUT2D eigenvalue weighted by Gasteiger charge is -2.38. The number of carbonyl (C=O) groups excluding carboxylic acids is 1. The first-order chi connectivity index (χ1) is 15.8. The molecule has 33 heavy (non-hydrogen) atoms. The Balaban J connectivity index is 1.34. The summed E-state index contributed by atoms with van der Waals surface area (Å²) in [4.78, 5) is 17.4. The maximum Gasteiger partial charge on any atom is 0.227 e. The maximum atomic E-state index is 13.2. The molecule has 2 fully saturated rings. The number of hydrogen-bond donors (Lipinski definition) is 0. The normalized spacial score (nSPS) is 20.7. The first-order valence-corrected chi connectivity index (χ1v) is 13.7. The number of piperidine rings is 1. The molecule has 0 saturated carbocycles. The van der Waals surface area contributed by atoms with Gasteiger partial charge < -0.3 is 4.90 Å². The second-order valence-electron chi connectivity index (χ2n) is 8.74. The predicted molar refractivity (Wildman–Crippen MR) is 132 cm³/mol. The van der Waals surface area contributed by atoms with Crippen molar-refractivity contribution in [2.24, 2.45) is 5.92 Å². The summed E-state index contributed by atoms with van der Waals surface area (Å²) < 4.78 is 27.6. The molecule has 2 aliphatic rings. The largest absolute Gasteiger partial charge is 0.340 e. The first kappa shape index (κ1) is 24.5. The van der Waals surface area contributed by atoms with Gasteiger partial charge in [-0.05, 0) is 30.5 Å². The molecule has 0 aromatic heterocycles. The lowest BCUT2D eigenvalue weighted by molar-refractivity contribution is -0.138. The molecule has 1 atom stereocenters. The molecular weight excluding hydrogens is 481 g/mol. The molecule has 178 valence electrons. The topological polar surface area (TPSA) is 60.9 Å². The number of nitrogens with zero attached hydrogens (tertiary/aromatic N) is 3. The van der Waals surface area contributed by atoms with Crippen LogP contribution in [0.3, 0.4) is 0 Å². The molecule has 2 heterocycles. The number of piperazine rings is 1. The van der Waals surface area contributed by atoms with Gasteiger partial charge in [0.25, 0.3) is 0 Å². The molecule has 0 unspecified atom stereocenters. The van der Waals surface area contributed by atoms with Gasteiger partial charge in [-0.15, -0.1) is 0 Å². The summed E-state index contributed by atoms with van der Waals surface area (Å²) in [5.41, 5.74) is 1.67. The molecule has 0 N–H and O–H groups in total. The van der Waals surface area contributed by atoms with Crippen molar-refractivity contribution in [3.63, 3.8) is 0 Å². The maximum absolute atomic E-state index is 13.2. The van der Waals surface area contributed by atoms with Gasteiger partial charge in [-0.3, -0.25) is 9.69 Å². The van der Waals surface area contributed by atoms with Gasteiger partial charge in [0.2, 0.25) is 15.9 Å². The van der Waals surface area contributed by atoms with Crippen LogP contribution in [0.25, 0.3) is 0 Å². The van der Waals surface area contributed by atoms with Crippen LogP contribution >= 0.6 is 23.2 Å². The van der Waals surface area contributed by atoms with Crippen LogP contribution in [-0.4, -0.2) is 67.7 Å². The van der Waals surface area contributed by atoms with E-state index in [4.69, 9.17) is 23.2 Å². The number of rotatable bonds is 6. The number of carbonyl (C=O) groups is 1. The molecule has 2 aromatic rings. The first-order valence-electron chi connectivity index (χ1n) is 11.3. The SMILES string of the molecule is O=C([C@H]1CCCN(S(=O)(=O)Cc2c(Cl)cccc2Cl)C1)N1CCN(Cc2ccccc2)CC1. The number of benzene rings is 2. The van der Waals surface area contributed by atoms with Crippen LogP contribution in [0.5, 0.6) is 0 Å². The third-order valence-corrected chi connectivity index (χ3v) is 8.93. The lowest BCUT2D eigenvalue weighted by atomic mass is 9.97. The molecular formula is C24H29Cl2N3O3S. The van der Waals surface area contributed by atoms with Crippen LogP contribution < -0.4 is 0 Å². The Bertz CT molecular complexity index is 1050. The standard InChI is InChI=1S/C24H29Cl2N3O3S/c25-22-9-4-10-23(26)21(22)18-33(31,32)29-11-5-8-20(17-29)24(30)28-14-12-27(13-15-28)16-19-6-2-1-3-7-19/h1-4,6-7,9-10,20H,5,8,11-18H2/t20-/m0/s1. The zero-order chi connectivity index (χ0) is 23.4. The zero-order valence-electron chi connectivity index (χ0n) is 18.5. The highest BCUT2D eigenvalue weighted by molar-refractivity contribution is 7.88. The van der Waals surface area contributed by atoms with Crippen LogP contribution in [0.2, 0.25) is 10.0 Å². The molecule has 0 spiro atoms. The van der Waals surface area contributed by atoms with Gasteiger partial charge in [0.1, 0.15) is 0 Å². The minimum atomic E-state index is -3.64. The third kappa shape index (κ3) is 6.08. The smallest absolute Gasteiger partial charge is 0.227 e. The molecule has 6 nitrogen and oxygen atoms in total. The summed E-state index contributed by atoms with van der Waals surface area (Å²) in [5, 5.41) is 0.674. The molecule has 0 bridgehead atoms. The van der Waals surface area contributed by atoms with Crippen LogP contribution in [-0.2, 0) is 27.1 Å². The Morgan fingerprint density at radius 2 is 1.58 bits per heavy atom. The van der Waals surface area contributed by atoms with E-state index < -0.39 is 10.0 Å². The summed E-state index contributed by atoms with van der Waals surface area (Å²) >= 11 is 12.4. The van der Waals surface area contributed by atoms with Crippen molar-refractivity contribution in [2.75, 3.05) is 39.3 Å². The highest BCUT2D eigenvalue weighted by Crippen LogP contribution is 2.29. The van der Waals surface area contributed by atoms with E-state index in [2.05, 4.69) is 17.0 Å². The van der Waals surface area contributed by atoms with Crippen molar-refractivity contribution in [1.29, 1.82) is 0 Å². The molecule has 1 amide bonds. The summed E-state index contributed by atoms with van der Waals surface area (Å²) in [6.07, 6.45) is 1.38. The molecule has 2 aliphatic heterocycles. The fourth-order valence-corrected chi connectivity index (χ4v) is 6.93. The number of halogens is 2. The molecule has 0 radical (unpaired) electrons. The zero-order valence-corrected chi connectivity index (χ0v) is 20.8. The highest BCUT2D eigenvalue weighted by atomic mass is 35.5. The Morgan fingerprint density at radius 1 is 0.909 bits per heavy atom. The monoisotopic (exact) mass is 509 g/mol. The van der Waals surface area contributed by atoms with E-state index in [1.54, 1.807) is 18.2 Å². The predicted octanol–water partition coefficient (Wildman–Crippen LogP) is 3.88. The van der Waals surface area contributed by atoms with Crippen molar-refractivity contribution in [3.05, 3.63) is 69.7 Å². The quantitative estimate of drug-likeness (QED) is 0.592. The summed E-state index contributed by atoms with van der Waals surface area (Å²) in [5.74, 6) is -0.508. The van der Waals surface area contributed by atoms with Crippen LogP contribution in [0.15, 0.2) is 48.5 Å². The second kappa shape index (κ2) is 10.7. The number of sulfonamides is 1. The van der Waals surface area contributed by atoms with Crippen LogP contribution in [0, 0.1) is 5.92 Å². The fourth-order valence-electron chi connectivity index (χ4n) is 4.57. The van der Waals surface area contributed by atoms with Gasteiger partial charge in [-0.25, -0.2) is 12.7 Å². The molecule has 2 aromatic carbocycles. The Morgan fingerprint density at radius 3 is 2.24 bits per heavy atom. The van der Waals surface area contributed by atoms with Crippen molar-refractivity contribution in [3.8, 4) is 0 Å². The van der Waals surface area contributed by atoms with Crippen molar-refractivity contribution >= 4 is 39.1 Å². The summed E-state index contributed by atoms with van der Waals surface area (Å²) in [6.45, 7) is 4.49. The third-order valence-electron chi connectivity index (χ3n) is 6.45. The Hall–Kier alpha value is -1.64. The Kier molecular flexibility index (Phi) is 7.97. The molecule has 9 heteroatoms. The summed E-state index contributed by atoms with van der Waals surface area (Å²) in [6, 6.07) is 15.3. The van der Waals surface area contributed by atoms with Gasteiger partial charge in [-0.2, -0.15) is 0 Å². The highest BCUT2D eigenvalue weighted by Gasteiger charge is 2.35. The minimum Gasteiger partial charge on any atom is -0.340 e. The second-order valence-corrected chi connectivity index (χ2v) is 11.5. The average Bonchev–Trinajstić information content (AvgIpc) is 2.82. The molecule has 4 rings (SSSR count). The van der Waals surface area contributed by atoms with Gasteiger partial charge in [-0.1, -0.05) is 59.6 Å². The van der Waals surface area contributed by atoms with E-state index in [9.17, 15) is 13.2 Å². The summed E-state index contributed by atoms with van der Waals surface area (Å²) in [7, 11) is -3.64. The van der Waals surface area contributed by atoms with E-state index in [1.807, 2.05) is 23.1 Å². The van der Waals surface area contributed by atoms with Crippen molar-refractivity contribution in [1.82, 2.24) is 14.1 Å². The van der Waals surface area contributed by atoms with E-state index in [1.165, 1.54) is 9.87 Å². The van der Waals surface area contributed by atoms with Gasteiger partial charge in [0.15, 0.2) is 0 Å². The van der Waals surface area contributed by atoms with E-state index in [0.717, 1.165) is 19.6 Å².